The number of carbonyl (C=O) groups is 2. The molecule has 58 heavy (non-hydrogen) atoms. The Morgan fingerprint density at radius 2 is 0.707 bits per heavy atom. The van der Waals surface area contributed by atoms with Crippen LogP contribution >= 0.6 is 0 Å². The molecule has 0 unspecified atom stereocenters. The lowest BCUT2D eigenvalue weighted by atomic mass is 10.1. The van der Waals surface area contributed by atoms with E-state index in [1.807, 2.05) is 36.4 Å². The molecule has 0 heterocycles. The van der Waals surface area contributed by atoms with Crippen molar-refractivity contribution in [2.24, 2.45) is 0 Å². The van der Waals surface area contributed by atoms with Gasteiger partial charge in [0.15, 0.2) is 0 Å². The zero-order valence-corrected chi connectivity index (χ0v) is 36.2. The van der Waals surface area contributed by atoms with Crippen molar-refractivity contribution in [3.05, 3.63) is 94.0 Å². The maximum atomic E-state index is 12.6. The van der Waals surface area contributed by atoms with E-state index in [1.54, 1.807) is 38.1 Å². The lowest BCUT2D eigenvalue weighted by Crippen LogP contribution is -2.06. The van der Waals surface area contributed by atoms with E-state index in [2.05, 4.69) is 37.5 Å². The largest absolute Gasteiger partial charge is 0.494 e. The van der Waals surface area contributed by atoms with Crippen molar-refractivity contribution in [3.8, 4) is 35.2 Å². The van der Waals surface area contributed by atoms with E-state index in [1.165, 1.54) is 103 Å². The molecule has 314 valence electrons. The van der Waals surface area contributed by atoms with E-state index >= 15 is 0 Å². The lowest BCUT2D eigenvalue weighted by Gasteiger charge is -2.09. The molecular formula is C52H70O6. The molecule has 3 aromatic rings. The molecule has 0 aliphatic rings. The maximum Gasteiger partial charge on any atom is 0.338 e. The molecule has 0 atom stereocenters. The van der Waals surface area contributed by atoms with Crippen molar-refractivity contribution < 1.29 is 28.5 Å². The van der Waals surface area contributed by atoms with Gasteiger partial charge in [0.25, 0.3) is 0 Å². The second kappa shape index (κ2) is 30.4. The number of unbranched alkanes of at least 4 members (excludes halogenated alkanes) is 18. The average molecular weight is 791 g/mol. The van der Waals surface area contributed by atoms with Gasteiger partial charge < -0.3 is 18.9 Å². The molecule has 0 spiro atoms. The Balaban J connectivity index is 1.58. The molecule has 0 aromatic heterocycles. The van der Waals surface area contributed by atoms with Gasteiger partial charge in [-0.2, -0.15) is 0 Å². The SMILES string of the molecule is CCCCCCCCCCCCOc1cc(C#Cc2ccc(C#Cc3cc(OCCCCCCCCCCCC)cc(C(=O)OCC)c3)cc2)cc(C(=O)OCC)c1. The van der Waals surface area contributed by atoms with Crippen LogP contribution in [0.25, 0.3) is 0 Å². The first kappa shape index (κ1) is 47.7. The fourth-order valence-electron chi connectivity index (χ4n) is 6.66. The van der Waals surface area contributed by atoms with Crippen molar-refractivity contribution >= 4 is 11.9 Å². The van der Waals surface area contributed by atoms with Crippen LogP contribution in [-0.2, 0) is 9.47 Å². The van der Waals surface area contributed by atoms with Gasteiger partial charge in [-0.1, -0.05) is 153 Å². The first-order valence-electron chi connectivity index (χ1n) is 22.5. The molecule has 0 saturated heterocycles. The molecule has 6 nitrogen and oxygen atoms in total. The van der Waals surface area contributed by atoms with Crippen molar-refractivity contribution in [3.63, 3.8) is 0 Å². The Bertz CT molecular complexity index is 1610. The molecule has 0 radical (unpaired) electrons. The summed E-state index contributed by atoms with van der Waals surface area (Å²) in [5, 5.41) is 0. The highest BCUT2D eigenvalue weighted by atomic mass is 16.5. The van der Waals surface area contributed by atoms with Gasteiger partial charge in [0.05, 0.1) is 37.6 Å². The van der Waals surface area contributed by atoms with Crippen LogP contribution in [0.3, 0.4) is 0 Å². The fraction of sp³-hybridized carbons (Fsp3) is 0.538. The summed E-state index contributed by atoms with van der Waals surface area (Å²) in [6, 6.07) is 18.4. The minimum Gasteiger partial charge on any atom is -0.494 e. The number of benzene rings is 3. The van der Waals surface area contributed by atoms with Crippen LogP contribution in [0.5, 0.6) is 11.5 Å². The van der Waals surface area contributed by atoms with Gasteiger partial charge in [0, 0.05) is 22.3 Å². The van der Waals surface area contributed by atoms with Gasteiger partial charge in [-0.25, -0.2) is 9.59 Å². The van der Waals surface area contributed by atoms with Crippen molar-refractivity contribution in [2.75, 3.05) is 26.4 Å². The number of rotatable bonds is 28. The highest BCUT2D eigenvalue weighted by Crippen LogP contribution is 2.21. The van der Waals surface area contributed by atoms with Crippen LogP contribution in [0.1, 0.15) is 199 Å². The van der Waals surface area contributed by atoms with E-state index in [0.29, 0.717) is 60.2 Å². The number of ether oxygens (including phenoxy) is 4. The molecule has 6 heteroatoms. The number of esters is 2. The third-order valence-electron chi connectivity index (χ3n) is 9.96. The van der Waals surface area contributed by atoms with Crippen LogP contribution in [0, 0.1) is 23.7 Å². The third-order valence-corrected chi connectivity index (χ3v) is 9.96. The van der Waals surface area contributed by atoms with Crippen molar-refractivity contribution in [1.82, 2.24) is 0 Å². The van der Waals surface area contributed by atoms with Gasteiger partial charge in [-0.15, -0.1) is 0 Å². The summed E-state index contributed by atoms with van der Waals surface area (Å²) in [5.74, 6) is 13.3. The molecule has 0 fully saturated rings. The first-order chi connectivity index (χ1) is 28.4. The average Bonchev–Trinajstić information content (AvgIpc) is 3.23. The van der Waals surface area contributed by atoms with Gasteiger partial charge in [0.1, 0.15) is 11.5 Å². The molecule has 0 bridgehead atoms. The molecule has 0 aliphatic carbocycles. The second-order valence-electron chi connectivity index (χ2n) is 15.1. The summed E-state index contributed by atoms with van der Waals surface area (Å²) in [4.78, 5) is 25.3. The maximum absolute atomic E-state index is 12.6. The topological polar surface area (TPSA) is 71.1 Å². The molecule has 0 aliphatic heterocycles. The molecule has 3 rings (SSSR count). The molecular weight excluding hydrogens is 721 g/mol. The highest BCUT2D eigenvalue weighted by molar-refractivity contribution is 5.91. The van der Waals surface area contributed by atoms with E-state index in [-0.39, 0.29) is 0 Å². The minimum absolute atomic E-state index is 0.296. The van der Waals surface area contributed by atoms with Crippen molar-refractivity contribution in [1.29, 1.82) is 0 Å². The zero-order valence-electron chi connectivity index (χ0n) is 36.2. The Kier molecular flexibility index (Phi) is 25.0. The molecule has 0 amide bonds. The van der Waals surface area contributed by atoms with E-state index < -0.39 is 11.9 Å². The second-order valence-corrected chi connectivity index (χ2v) is 15.1. The number of hydrogen-bond acceptors (Lipinski definition) is 6. The normalized spacial score (nSPS) is 10.6. The Labute approximate surface area is 351 Å². The minimum atomic E-state index is -0.390. The molecule has 0 N–H and O–H groups in total. The zero-order chi connectivity index (χ0) is 41.5. The molecule has 0 saturated carbocycles. The van der Waals surface area contributed by atoms with Crippen LogP contribution < -0.4 is 9.47 Å². The van der Waals surface area contributed by atoms with Crippen molar-refractivity contribution in [2.45, 2.75) is 156 Å². The van der Waals surface area contributed by atoms with Crippen LogP contribution in [-0.4, -0.2) is 38.4 Å². The molecule has 3 aromatic carbocycles. The summed E-state index contributed by atoms with van der Waals surface area (Å²) in [6.07, 6.45) is 25.2. The highest BCUT2D eigenvalue weighted by Gasteiger charge is 2.12. The quantitative estimate of drug-likeness (QED) is 0.0414. The summed E-state index contributed by atoms with van der Waals surface area (Å²) >= 11 is 0. The van der Waals surface area contributed by atoms with E-state index in [9.17, 15) is 9.59 Å². The third kappa shape index (κ3) is 20.7. The summed E-state index contributed by atoms with van der Waals surface area (Å²) in [6.45, 7) is 9.89. The van der Waals surface area contributed by atoms with E-state index in [0.717, 1.165) is 36.8 Å². The Morgan fingerprint density at radius 3 is 1.03 bits per heavy atom. The predicted molar refractivity (Wildman–Crippen MR) is 238 cm³/mol. The Hall–Kier alpha value is -4.68. The smallest absolute Gasteiger partial charge is 0.338 e. The van der Waals surface area contributed by atoms with Gasteiger partial charge in [-0.3, -0.25) is 0 Å². The Morgan fingerprint density at radius 1 is 0.397 bits per heavy atom. The number of hydrogen-bond donors (Lipinski definition) is 0. The van der Waals surface area contributed by atoms with Crippen LogP contribution in [0.4, 0.5) is 0 Å². The summed E-state index contributed by atoms with van der Waals surface area (Å²) < 4.78 is 22.7. The lowest BCUT2D eigenvalue weighted by molar-refractivity contribution is 0.0516. The summed E-state index contributed by atoms with van der Waals surface area (Å²) in [7, 11) is 0. The van der Waals surface area contributed by atoms with E-state index in [4.69, 9.17) is 18.9 Å². The van der Waals surface area contributed by atoms with Crippen LogP contribution in [0.15, 0.2) is 60.7 Å². The van der Waals surface area contributed by atoms with Crippen LogP contribution in [0.2, 0.25) is 0 Å². The monoisotopic (exact) mass is 791 g/mol. The van der Waals surface area contributed by atoms with Gasteiger partial charge in [-0.05, 0) is 87.4 Å². The summed E-state index contributed by atoms with van der Waals surface area (Å²) in [5.41, 5.74) is 3.84. The first-order valence-corrected chi connectivity index (χ1v) is 22.5. The number of carbonyl (C=O) groups excluding carboxylic acids is 2. The predicted octanol–water partition coefficient (Wildman–Crippen LogP) is 13.4. The van der Waals surface area contributed by atoms with Gasteiger partial charge >= 0.3 is 11.9 Å². The standard InChI is InChI=1S/C52H70O6/c1-5-9-11-13-15-17-19-21-23-25-35-57-49-39-45(37-47(41-49)51(53)55-7-3)33-31-43-27-29-44(30-28-43)32-34-46-38-48(52(54)56-8-4)42-50(40-46)58-36-26-24-22-20-18-16-14-12-10-6-2/h27-30,37-42H,5-26,35-36H2,1-4H3. The van der Waals surface area contributed by atoms with Gasteiger partial charge in [0.2, 0.25) is 0 Å². The fourth-order valence-corrected chi connectivity index (χ4v) is 6.66.